The molecular formula is C20H20F2N8O. The molecule has 0 spiro atoms. The Morgan fingerprint density at radius 2 is 2.03 bits per heavy atom. The van der Waals surface area contributed by atoms with Crippen LogP contribution in [-0.2, 0) is 0 Å². The number of aromatic nitrogens is 1. The number of rotatable bonds is 6. The third-order valence-electron chi connectivity index (χ3n) is 4.70. The van der Waals surface area contributed by atoms with Crippen LogP contribution in [0, 0.1) is 34.4 Å². The molecule has 1 aromatic heterocycles. The molecule has 1 aliphatic heterocycles. The van der Waals surface area contributed by atoms with Crippen molar-refractivity contribution in [3.8, 4) is 18.0 Å². The van der Waals surface area contributed by atoms with Crippen molar-refractivity contribution < 1.29 is 13.5 Å². The number of halogens is 2. The second kappa shape index (κ2) is 9.13. The van der Waals surface area contributed by atoms with Crippen molar-refractivity contribution in [3.63, 3.8) is 0 Å². The Hall–Kier alpha value is -4.12. The van der Waals surface area contributed by atoms with Crippen LogP contribution in [-0.4, -0.2) is 17.6 Å². The first-order valence-corrected chi connectivity index (χ1v) is 9.51. The Kier molecular flexibility index (Phi) is 6.36. The highest BCUT2D eigenvalue weighted by Gasteiger charge is 2.31. The quantitative estimate of drug-likeness (QED) is 0.312. The summed E-state index contributed by atoms with van der Waals surface area (Å²) in [5.41, 5.74) is 12.3. The molecule has 11 heteroatoms. The van der Waals surface area contributed by atoms with Crippen LogP contribution in [0.5, 0.6) is 5.75 Å². The summed E-state index contributed by atoms with van der Waals surface area (Å²) in [6.07, 6.45) is 4.25. The molecule has 1 aliphatic rings. The van der Waals surface area contributed by atoms with Crippen LogP contribution >= 0.6 is 0 Å². The summed E-state index contributed by atoms with van der Waals surface area (Å²) < 4.78 is 34.1. The van der Waals surface area contributed by atoms with Gasteiger partial charge in [-0.2, -0.15) is 14.9 Å². The summed E-state index contributed by atoms with van der Waals surface area (Å²) in [4.78, 5) is 8.45. The highest BCUT2D eigenvalue weighted by molar-refractivity contribution is 5.98. The molecule has 0 amide bonds. The second-order valence-electron chi connectivity index (χ2n) is 6.77. The number of hydrogen-bond donors (Lipinski definition) is 4. The molecular weight excluding hydrogens is 406 g/mol. The minimum atomic E-state index is -1.13. The number of guanidine groups is 1. The predicted molar refractivity (Wildman–Crippen MR) is 111 cm³/mol. The maximum absolute atomic E-state index is 14.4. The number of unbranched alkanes of at least 4 members (excludes halogenated alkanes) is 2. The fourth-order valence-corrected chi connectivity index (χ4v) is 3.20. The van der Waals surface area contributed by atoms with Crippen molar-refractivity contribution in [2.24, 2.45) is 4.99 Å². The molecule has 0 saturated carbocycles. The van der Waals surface area contributed by atoms with E-state index in [0.717, 1.165) is 18.9 Å². The third kappa shape index (κ3) is 4.26. The van der Waals surface area contributed by atoms with Crippen molar-refractivity contribution in [1.82, 2.24) is 10.3 Å². The van der Waals surface area contributed by atoms with Gasteiger partial charge in [-0.25, -0.2) is 14.4 Å². The van der Waals surface area contributed by atoms with E-state index in [0.29, 0.717) is 6.42 Å². The van der Waals surface area contributed by atoms with Gasteiger partial charge in [0.1, 0.15) is 29.3 Å². The Bertz CT molecular complexity index is 1120. The Morgan fingerprint density at radius 3 is 2.71 bits per heavy atom. The van der Waals surface area contributed by atoms with Crippen LogP contribution in [0.15, 0.2) is 17.1 Å². The van der Waals surface area contributed by atoms with Gasteiger partial charge in [0.25, 0.3) is 0 Å². The molecule has 160 valence electrons. The minimum Gasteiger partial charge on any atom is -0.490 e. The SMILES string of the molecule is CCCCCOc1cc(C2N=C(NC#N)Nc3nc(N)c(C#N)c(N)c32)cc(F)c1F. The van der Waals surface area contributed by atoms with Crippen LogP contribution in [0.25, 0.3) is 0 Å². The van der Waals surface area contributed by atoms with Gasteiger partial charge in [-0.3, -0.25) is 5.32 Å². The fraction of sp³-hybridized carbons (Fsp3) is 0.300. The van der Waals surface area contributed by atoms with Gasteiger partial charge in [-0.05, 0) is 24.1 Å². The van der Waals surface area contributed by atoms with E-state index < -0.39 is 17.7 Å². The van der Waals surface area contributed by atoms with Gasteiger partial charge < -0.3 is 21.5 Å². The summed E-state index contributed by atoms with van der Waals surface area (Å²) in [5, 5.41) is 23.4. The highest BCUT2D eigenvalue weighted by atomic mass is 19.2. The molecule has 31 heavy (non-hydrogen) atoms. The number of nitrogens with zero attached hydrogens (tertiary/aromatic N) is 4. The summed E-state index contributed by atoms with van der Waals surface area (Å²) in [6, 6.07) is 3.16. The first-order valence-electron chi connectivity index (χ1n) is 9.51. The van der Waals surface area contributed by atoms with Crippen LogP contribution < -0.4 is 26.8 Å². The standard InChI is InChI=1S/C20H20F2N8O/c1-2-3-4-5-31-13-7-10(6-12(21)15(13)22)17-14-16(25)11(8-23)18(26)29-19(14)30-20(28-17)27-9-24/h6-7,17H,2-5H2,1H3,(H6,25,26,27,28,29,30). The zero-order chi connectivity index (χ0) is 22.5. The maximum Gasteiger partial charge on any atom is 0.211 e. The van der Waals surface area contributed by atoms with Crippen molar-refractivity contribution >= 4 is 23.3 Å². The van der Waals surface area contributed by atoms with E-state index in [2.05, 4.69) is 20.6 Å². The summed E-state index contributed by atoms with van der Waals surface area (Å²) in [6.45, 7) is 2.24. The molecule has 0 aliphatic carbocycles. The third-order valence-corrected chi connectivity index (χ3v) is 4.70. The van der Waals surface area contributed by atoms with Crippen LogP contribution in [0.3, 0.4) is 0 Å². The van der Waals surface area contributed by atoms with Crippen molar-refractivity contribution in [2.45, 2.75) is 32.2 Å². The number of benzene rings is 1. The number of pyridine rings is 1. The number of nitrogen functional groups attached to an aromatic ring is 2. The monoisotopic (exact) mass is 426 g/mol. The molecule has 1 atom stereocenters. The molecule has 0 fully saturated rings. The lowest BCUT2D eigenvalue weighted by molar-refractivity contribution is 0.285. The van der Waals surface area contributed by atoms with E-state index in [1.807, 2.05) is 13.0 Å². The Balaban J connectivity index is 2.12. The van der Waals surface area contributed by atoms with E-state index in [4.69, 9.17) is 21.5 Å². The minimum absolute atomic E-state index is 0.00240. The van der Waals surface area contributed by atoms with Crippen LogP contribution in [0.1, 0.15) is 48.9 Å². The Morgan fingerprint density at radius 1 is 1.26 bits per heavy atom. The molecule has 2 aromatic rings. The molecule has 6 N–H and O–H groups in total. The number of nitrogens with two attached hydrogens (primary N) is 2. The number of anilines is 3. The van der Waals surface area contributed by atoms with Gasteiger partial charge >= 0.3 is 0 Å². The summed E-state index contributed by atoms with van der Waals surface area (Å²) in [5.74, 6) is -2.48. The topological polar surface area (TPSA) is 158 Å². The lowest BCUT2D eigenvalue weighted by Gasteiger charge is -2.26. The normalized spacial score (nSPS) is 14.5. The number of fused-ring (bicyclic) bond motifs is 1. The van der Waals surface area contributed by atoms with Gasteiger partial charge in [0.05, 0.1) is 12.3 Å². The molecule has 0 radical (unpaired) electrons. The first kappa shape index (κ1) is 21.6. The van der Waals surface area contributed by atoms with Gasteiger partial charge in [0.15, 0.2) is 17.8 Å². The molecule has 0 bridgehead atoms. The molecule has 1 aromatic carbocycles. The van der Waals surface area contributed by atoms with Crippen molar-refractivity contribution in [2.75, 3.05) is 23.4 Å². The predicted octanol–water partition coefficient (Wildman–Crippen LogP) is 2.91. The van der Waals surface area contributed by atoms with Crippen LogP contribution in [0.4, 0.5) is 26.1 Å². The molecule has 2 heterocycles. The fourth-order valence-electron chi connectivity index (χ4n) is 3.20. The second-order valence-corrected chi connectivity index (χ2v) is 6.77. The van der Waals surface area contributed by atoms with E-state index in [9.17, 15) is 14.0 Å². The van der Waals surface area contributed by atoms with Gasteiger partial charge in [-0.15, -0.1) is 0 Å². The molecule has 1 unspecified atom stereocenters. The number of ether oxygens (including phenoxy) is 1. The first-order chi connectivity index (χ1) is 14.9. The molecule has 9 nitrogen and oxygen atoms in total. The maximum atomic E-state index is 14.4. The number of hydrogen-bond acceptors (Lipinski definition) is 9. The zero-order valence-electron chi connectivity index (χ0n) is 16.7. The number of nitriles is 2. The van der Waals surface area contributed by atoms with E-state index in [1.54, 1.807) is 6.19 Å². The highest BCUT2D eigenvalue weighted by Crippen LogP contribution is 2.41. The molecule has 0 saturated heterocycles. The number of nitrogens with one attached hydrogen (secondary N) is 2. The largest absolute Gasteiger partial charge is 0.490 e. The lowest BCUT2D eigenvalue weighted by atomic mass is 9.95. The number of aliphatic imine (C=N–C) groups is 1. The summed E-state index contributed by atoms with van der Waals surface area (Å²) >= 11 is 0. The van der Waals surface area contributed by atoms with E-state index in [1.165, 1.54) is 6.07 Å². The van der Waals surface area contributed by atoms with Crippen LogP contribution in [0.2, 0.25) is 0 Å². The van der Waals surface area contributed by atoms with Gasteiger partial charge in [0.2, 0.25) is 11.8 Å². The van der Waals surface area contributed by atoms with Crippen molar-refractivity contribution in [1.29, 1.82) is 10.5 Å². The Labute approximate surface area is 177 Å². The van der Waals surface area contributed by atoms with Gasteiger partial charge in [-0.1, -0.05) is 19.8 Å². The van der Waals surface area contributed by atoms with Gasteiger partial charge in [0, 0.05) is 5.56 Å². The zero-order valence-corrected chi connectivity index (χ0v) is 16.7. The average molecular weight is 426 g/mol. The summed E-state index contributed by atoms with van der Waals surface area (Å²) in [7, 11) is 0. The van der Waals surface area contributed by atoms with E-state index >= 15 is 0 Å². The van der Waals surface area contributed by atoms with E-state index in [-0.39, 0.29) is 52.3 Å². The average Bonchev–Trinajstić information content (AvgIpc) is 2.73. The lowest BCUT2D eigenvalue weighted by Crippen LogP contribution is -2.32. The van der Waals surface area contributed by atoms with Crippen molar-refractivity contribution in [3.05, 3.63) is 40.5 Å². The smallest absolute Gasteiger partial charge is 0.211 e. The molecule has 3 rings (SSSR count).